The van der Waals surface area contributed by atoms with Gasteiger partial charge in [-0.25, -0.2) is 5.41 Å². The minimum absolute atomic E-state index is 0. The van der Waals surface area contributed by atoms with Crippen molar-refractivity contribution in [2.75, 3.05) is 0 Å². The molecule has 0 unspecified atom stereocenters. The van der Waals surface area contributed by atoms with E-state index in [1.807, 2.05) is 36.4 Å². The molecule has 0 aliphatic rings. The molecule has 0 aliphatic heterocycles. The molecule has 0 heterocycles. The second kappa shape index (κ2) is 5.69. The smallest absolute Gasteiger partial charge is 0.787 e. The molecule has 56 valence electrons. The van der Waals surface area contributed by atoms with Crippen LogP contribution in [0.2, 0.25) is 0 Å². The summed E-state index contributed by atoms with van der Waals surface area (Å²) in [6, 6.07) is 10.0. The average Bonchev–Trinajstić information content (AvgIpc) is 1.91. The van der Waals surface area contributed by atoms with Crippen molar-refractivity contribution in [1.82, 2.24) is 0 Å². The maximum absolute atomic E-state index is 4.65. The van der Waals surface area contributed by atoms with E-state index in [1.54, 1.807) is 5.41 Å². The topological polar surface area (TPSA) is 0 Å². The summed E-state index contributed by atoms with van der Waals surface area (Å²) in [4.78, 5) is 0. The van der Waals surface area contributed by atoms with E-state index < -0.39 is 0 Å². The van der Waals surface area contributed by atoms with Gasteiger partial charge in [-0.05, 0) is 5.56 Å². The van der Waals surface area contributed by atoms with Gasteiger partial charge < -0.3 is 12.6 Å². The van der Waals surface area contributed by atoms with E-state index in [4.69, 9.17) is 0 Å². The van der Waals surface area contributed by atoms with Crippen molar-refractivity contribution in [3.63, 3.8) is 0 Å². The van der Waals surface area contributed by atoms with Crippen LogP contribution in [0.1, 0.15) is 5.56 Å². The maximum atomic E-state index is 4.65. The molecule has 1 aromatic carbocycles. The molecule has 0 radical (unpaired) electrons. The fourth-order valence-corrected chi connectivity index (χ4v) is 0.800. The summed E-state index contributed by atoms with van der Waals surface area (Å²) in [6.45, 7) is 0. The van der Waals surface area contributed by atoms with Crippen LogP contribution in [0.4, 0.5) is 0 Å². The van der Waals surface area contributed by atoms with Crippen LogP contribution in [0, 0.1) is 0 Å². The van der Waals surface area contributed by atoms with Crippen molar-refractivity contribution >= 4 is 18.7 Å². The Morgan fingerprint density at radius 1 is 1.10 bits per heavy atom. The Balaban J connectivity index is 0.000000810. The zero-order valence-corrected chi connectivity index (χ0v) is 7.55. The molecule has 10 heavy (non-hydrogen) atoms. The van der Waals surface area contributed by atoms with E-state index >= 15 is 0 Å². The number of hydrogen-bond acceptors (Lipinski definition) is 1. The van der Waals surface area contributed by atoms with Crippen LogP contribution < -0.4 is 0 Å². The third kappa shape index (κ3) is 3.18. The standard InChI is InChI=1S/C8H8S.Ag/c9-7-6-8-4-2-1-3-5-8;/h1-7,9H;/q;+1/p-1. The maximum Gasteiger partial charge on any atom is 1.00 e. The second-order valence-corrected chi connectivity index (χ2v) is 1.99. The second-order valence-electron chi connectivity index (χ2n) is 1.71. The van der Waals surface area contributed by atoms with E-state index in [0.29, 0.717) is 0 Å². The van der Waals surface area contributed by atoms with Crippen molar-refractivity contribution in [3.8, 4) is 0 Å². The molecule has 0 nitrogen and oxygen atoms in total. The normalized spacial score (nSPS) is 9.20. The van der Waals surface area contributed by atoms with Gasteiger partial charge in [0.1, 0.15) is 0 Å². The Morgan fingerprint density at radius 2 is 1.70 bits per heavy atom. The molecule has 0 spiro atoms. The molecule has 0 saturated heterocycles. The molecule has 0 aliphatic carbocycles. The summed E-state index contributed by atoms with van der Waals surface area (Å²) in [7, 11) is 0. The Hall–Kier alpha value is -0.0797. The zero-order chi connectivity index (χ0) is 6.53. The molecule has 0 aromatic heterocycles. The van der Waals surface area contributed by atoms with Gasteiger partial charge in [-0.1, -0.05) is 36.4 Å². The fourth-order valence-electron chi connectivity index (χ4n) is 0.643. The van der Waals surface area contributed by atoms with Crippen molar-refractivity contribution in [2.24, 2.45) is 0 Å². The van der Waals surface area contributed by atoms with E-state index in [0.717, 1.165) is 5.56 Å². The molecular formula is C8H7AgS. The predicted molar refractivity (Wildman–Crippen MR) is 42.8 cm³/mol. The molecule has 2 heteroatoms. The van der Waals surface area contributed by atoms with Crippen LogP contribution >= 0.6 is 0 Å². The molecule has 0 fully saturated rings. The first-order valence-corrected chi connectivity index (χ1v) is 3.24. The van der Waals surface area contributed by atoms with Gasteiger partial charge in [-0.2, -0.15) is 0 Å². The van der Waals surface area contributed by atoms with Crippen molar-refractivity contribution in [3.05, 3.63) is 41.3 Å². The summed E-state index contributed by atoms with van der Waals surface area (Å²) in [5, 5.41) is 1.62. The molecular weight excluding hydrogens is 236 g/mol. The summed E-state index contributed by atoms with van der Waals surface area (Å²) in [5.41, 5.74) is 1.16. The monoisotopic (exact) mass is 242 g/mol. The van der Waals surface area contributed by atoms with Gasteiger partial charge in [0, 0.05) is 0 Å². The van der Waals surface area contributed by atoms with Crippen molar-refractivity contribution in [2.45, 2.75) is 0 Å². The largest absolute Gasteiger partial charge is 1.00 e. The first-order chi connectivity index (χ1) is 4.43. The van der Waals surface area contributed by atoms with Gasteiger partial charge >= 0.3 is 22.4 Å². The van der Waals surface area contributed by atoms with Crippen LogP contribution in [0.5, 0.6) is 0 Å². The van der Waals surface area contributed by atoms with Gasteiger partial charge in [0.25, 0.3) is 0 Å². The molecule has 0 N–H and O–H groups in total. The van der Waals surface area contributed by atoms with Gasteiger partial charge in [-0.15, -0.1) is 0 Å². The van der Waals surface area contributed by atoms with Crippen LogP contribution in [0.3, 0.4) is 0 Å². The van der Waals surface area contributed by atoms with E-state index in [1.165, 1.54) is 0 Å². The fraction of sp³-hybridized carbons (Fsp3) is 0. The summed E-state index contributed by atoms with van der Waals surface area (Å²) < 4.78 is 0. The average molecular weight is 243 g/mol. The zero-order valence-electron chi connectivity index (χ0n) is 5.25. The van der Waals surface area contributed by atoms with E-state index in [2.05, 4.69) is 12.6 Å². The number of benzene rings is 1. The number of hydrogen-bond donors (Lipinski definition) is 0. The summed E-state index contributed by atoms with van der Waals surface area (Å²) >= 11 is 4.65. The molecule has 0 atom stereocenters. The molecule has 0 saturated carbocycles. The summed E-state index contributed by atoms with van der Waals surface area (Å²) in [5.74, 6) is 0. The van der Waals surface area contributed by atoms with E-state index in [-0.39, 0.29) is 22.4 Å². The SMILES string of the molecule is [Ag+].[S-]C=Cc1ccccc1. The quantitative estimate of drug-likeness (QED) is 0.538. The molecule has 0 amide bonds. The molecule has 0 bridgehead atoms. The summed E-state index contributed by atoms with van der Waals surface area (Å²) in [6.07, 6.45) is 1.90. The van der Waals surface area contributed by atoms with Crippen LogP contribution in [0.25, 0.3) is 6.08 Å². The Kier molecular flexibility index (Phi) is 5.64. The Morgan fingerprint density at radius 3 is 2.20 bits per heavy atom. The van der Waals surface area contributed by atoms with Crippen molar-refractivity contribution in [1.29, 1.82) is 0 Å². The van der Waals surface area contributed by atoms with Gasteiger partial charge in [0.05, 0.1) is 0 Å². The molecule has 1 rings (SSSR count). The first kappa shape index (κ1) is 9.92. The van der Waals surface area contributed by atoms with Crippen molar-refractivity contribution < 1.29 is 22.4 Å². The minimum atomic E-state index is 0. The predicted octanol–water partition coefficient (Wildman–Crippen LogP) is 2.20. The third-order valence-corrected chi connectivity index (χ3v) is 1.20. The van der Waals surface area contributed by atoms with Gasteiger partial charge in [-0.3, -0.25) is 0 Å². The molecule has 1 aromatic rings. The van der Waals surface area contributed by atoms with Gasteiger partial charge in [0.2, 0.25) is 0 Å². The van der Waals surface area contributed by atoms with Crippen LogP contribution in [-0.2, 0) is 35.0 Å². The Bertz CT molecular complexity index is 194. The van der Waals surface area contributed by atoms with Crippen LogP contribution in [0.15, 0.2) is 35.7 Å². The van der Waals surface area contributed by atoms with Crippen LogP contribution in [-0.4, -0.2) is 0 Å². The Labute approximate surface area is 82.3 Å². The van der Waals surface area contributed by atoms with E-state index in [9.17, 15) is 0 Å². The first-order valence-electron chi connectivity index (χ1n) is 2.77. The minimum Gasteiger partial charge on any atom is -0.787 e. The van der Waals surface area contributed by atoms with Gasteiger partial charge in [0.15, 0.2) is 0 Å². The number of rotatable bonds is 1. The third-order valence-electron chi connectivity index (χ3n) is 1.06.